The number of rotatable bonds is 4. The minimum absolute atomic E-state index is 0.0197. The van der Waals surface area contributed by atoms with Crippen molar-refractivity contribution in [1.29, 1.82) is 0 Å². The van der Waals surface area contributed by atoms with Crippen LogP contribution in [0.25, 0.3) is 0 Å². The Kier molecular flexibility index (Phi) is 4.83. The van der Waals surface area contributed by atoms with Crippen molar-refractivity contribution in [2.45, 2.75) is 51.3 Å². The maximum absolute atomic E-state index is 13.0. The Bertz CT molecular complexity index is 861. The Labute approximate surface area is 157 Å². The van der Waals surface area contributed by atoms with E-state index in [-0.39, 0.29) is 12.3 Å². The number of para-hydroxylation sites is 1. The SMILES string of the molecule is O=C(O)CCc1cc2n(n1)CCCN(C(=O)[C@@H]1CCc3ccccc3O1)C2. The van der Waals surface area contributed by atoms with Gasteiger partial charge in [0.1, 0.15) is 5.75 Å². The molecule has 0 saturated heterocycles. The average Bonchev–Trinajstić information content (AvgIpc) is 2.95. The van der Waals surface area contributed by atoms with E-state index in [9.17, 15) is 9.59 Å². The van der Waals surface area contributed by atoms with Gasteiger partial charge in [0.05, 0.1) is 24.4 Å². The van der Waals surface area contributed by atoms with Crippen LogP contribution < -0.4 is 4.74 Å². The van der Waals surface area contributed by atoms with Gasteiger partial charge in [0.25, 0.3) is 5.91 Å². The van der Waals surface area contributed by atoms with Crippen LogP contribution in [0.1, 0.15) is 36.2 Å². The lowest BCUT2D eigenvalue weighted by Gasteiger charge is -2.30. The van der Waals surface area contributed by atoms with Gasteiger partial charge >= 0.3 is 5.97 Å². The molecule has 0 aliphatic carbocycles. The molecule has 1 N–H and O–H groups in total. The van der Waals surface area contributed by atoms with Gasteiger partial charge in [0, 0.05) is 19.5 Å². The number of carboxylic acids is 1. The first-order valence-electron chi connectivity index (χ1n) is 9.41. The standard InChI is InChI=1S/C20H23N3O4/c24-19(25)9-7-15-12-16-13-22(10-3-11-23(16)21-15)20(26)18-8-6-14-4-1-2-5-17(14)27-18/h1-2,4-5,12,18H,3,6-11,13H2,(H,24,25)/t18-/m0/s1. The van der Waals surface area contributed by atoms with Gasteiger partial charge in [0.2, 0.25) is 0 Å². The molecule has 4 rings (SSSR count). The molecule has 1 aromatic heterocycles. The molecule has 0 fully saturated rings. The number of carbonyl (C=O) groups is 2. The van der Waals surface area contributed by atoms with E-state index in [0.29, 0.717) is 25.9 Å². The van der Waals surface area contributed by atoms with Crippen LogP contribution in [0.5, 0.6) is 5.75 Å². The van der Waals surface area contributed by atoms with Gasteiger partial charge in [0.15, 0.2) is 6.10 Å². The van der Waals surface area contributed by atoms with E-state index in [1.165, 1.54) is 0 Å². The monoisotopic (exact) mass is 369 g/mol. The summed E-state index contributed by atoms with van der Waals surface area (Å²) in [4.78, 5) is 25.7. The van der Waals surface area contributed by atoms with Gasteiger partial charge in [-0.1, -0.05) is 18.2 Å². The molecule has 1 atom stereocenters. The van der Waals surface area contributed by atoms with Crippen molar-refractivity contribution in [2.24, 2.45) is 0 Å². The topological polar surface area (TPSA) is 84.7 Å². The van der Waals surface area contributed by atoms with Crippen LogP contribution in [0.15, 0.2) is 30.3 Å². The number of carbonyl (C=O) groups excluding carboxylic acids is 1. The number of fused-ring (bicyclic) bond motifs is 2. The zero-order valence-corrected chi connectivity index (χ0v) is 15.1. The fraction of sp³-hybridized carbons (Fsp3) is 0.450. The summed E-state index contributed by atoms with van der Waals surface area (Å²) >= 11 is 0. The fourth-order valence-corrected chi connectivity index (χ4v) is 3.77. The molecule has 0 unspecified atom stereocenters. The van der Waals surface area contributed by atoms with E-state index in [1.807, 2.05) is 39.9 Å². The van der Waals surface area contributed by atoms with Crippen molar-refractivity contribution in [2.75, 3.05) is 6.54 Å². The Morgan fingerprint density at radius 2 is 2.11 bits per heavy atom. The first-order valence-corrected chi connectivity index (χ1v) is 9.41. The normalized spacial score (nSPS) is 18.8. The third-order valence-electron chi connectivity index (χ3n) is 5.16. The van der Waals surface area contributed by atoms with Crippen molar-refractivity contribution in [3.05, 3.63) is 47.3 Å². The second kappa shape index (κ2) is 7.42. The molecule has 7 heteroatoms. The van der Waals surface area contributed by atoms with Crippen LogP contribution in [-0.4, -0.2) is 44.3 Å². The third kappa shape index (κ3) is 3.82. The zero-order valence-electron chi connectivity index (χ0n) is 15.1. The lowest BCUT2D eigenvalue weighted by atomic mass is 10.0. The van der Waals surface area contributed by atoms with Gasteiger partial charge in [-0.2, -0.15) is 5.10 Å². The molecule has 0 radical (unpaired) electrons. The lowest BCUT2D eigenvalue weighted by Crippen LogP contribution is -2.43. The number of carboxylic acid groups (broad SMARTS) is 1. The van der Waals surface area contributed by atoms with E-state index < -0.39 is 12.1 Å². The number of hydrogen-bond acceptors (Lipinski definition) is 4. The molecule has 2 aliphatic rings. The third-order valence-corrected chi connectivity index (χ3v) is 5.16. The number of ether oxygens (including phenoxy) is 1. The molecule has 27 heavy (non-hydrogen) atoms. The summed E-state index contributed by atoms with van der Waals surface area (Å²) in [7, 11) is 0. The van der Waals surface area contributed by atoms with Gasteiger partial charge in [-0.25, -0.2) is 0 Å². The quantitative estimate of drug-likeness (QED) is 0.891. The Morgan fingerprint density at radius 3 is 2.96 bits per heavy atom. The van der Waals surface area contributed by atoms with E-state index in [0.717, 1.165) is 42.1 Å². The number of nitrogens with zero attached hydrogens (tertiary/aromatic N) is 3. The minimum atomic E-state index is -0.829. The molecule has 7 nitrogen and oxygen atoms in total. The Hall–Kier alpha value is -2.83. The molecular weight excluding hydrogens is 346 g/mol. The summed E-state index contributed by atoms with van der Waals surface area (Å²) in [6.45, 7) is 1.90. The first-order chi connectivity index (χ1) is 13.1. The predicted molar refractivity (Wildman–Crippen MR) is 97.4 cm³/mol. The maximum atomic E-state index is 13.0. The number of aliphatic carboxylic acids is 1. The molecule has 0 spiro atoms. The smallest absolute Gasteiger partial charge is 0.303 e. The second-order valence-corrected chi connectivity index (χ2v) is 7.11. The summed E-state index contributed by atoms with van der Waals surface area (Å²) in [5, 5.41) is 13.4. The molecule has 3 heterocycles. The lowest BCUT2D eigenvalue weighted by molar-refractivity contribution is -0.140. The van der Waals surface area contributed by atoms with E-state index in [2.05, 4.69) is 5.10 Å². The summed E-state index contributed by atoms with van der Waals surface area (Å²) in [5.41, 5.74) is 2.88. The fourth-order valence-electron chi connectivity index (χ4n) is 3.77. The molecule has 1 amide bonds. The van der Waals surface area contributed by atoms with Gasteiger partial charge in [-0.3, -0.25) is 14.3 Å². The summed E-state index contributed by atoms with van der Waals surface area (Å²) in [6.07, 6.45) is 2.39. The average molecular weight is 369 g/mol. The summed E-state index contributed by atoms with van der Waals surface area (Å²) in [6, 6.07) is 9.79. The van der Waals surface area contributed by atoms with Crippen molar-refractivity contribution >= 4 is 11.9 Å². The molecule has 2 aliphatic heterocycles. The highest BCUT2D eigenvalue weighted by Gasteiger charge is 2.31. The van der Waals surface area contributed by atoms with Crippen LogP contribution in [-0.2, 0) is 35.5 Å². The highest BCUT2D eigenvalue weighted by Crippen LogP contribution is 2.28. The van der Waals surface area contributed by atoms with Gasteiger partial charge in [-0.15, -0.1) is 0 Å². The largest absolute Gasteiger partial charge is 0.481 e. The highest BCUT2D eigenvalue weighted by molar-refractivity contribution is 5.81. The van der Waals surface area contributed by atoms with Crippen LogP contribution in [0, 0.1) is 0 Å². The number of benzene rings is 1. The second-order valence-electron chi connectivity index (χ2n) is 7.11. The predicted octanol–water partition coefficient (Wildman–Crippen LogP) is 2.03. The Balaban J connectivity index is 1.45. The number of aryl methyl sites for hydroxylation is 3. The maximum Gasteiger partial charge on any atom is 0.303 e. The molecule has 0 bridgehead atoms. The van der Waals surface area contributed by atoms with Crippen LogP contribution >= 0.6 is 0 Å². The summed E-state index contributed by atoms with van der Waals surface area (Å²) in [5.74, 6) is -0.00566. The first kappa shape index (κ1) is 17.6. The van der Waals surface area contributed by atoms with Crippen molar-refractivity contribution in [3.8, 4) is 5.75 Å². The van der Waals surface area contributed by atoms with Gasteiger partial charge < -0.3 is 14.7 Å². The highest BCUT2D eigenvalue weighted by atomic mass is 16.5. The van der Waals surface area contributed by atoms with Crippen LogP contribution in [0.3, 0.4) is 0 Å². The minimum Gasteiger partial charge on any atom is -0.481 e. The number of hydrogen-bond donors (Lipinski definition) is 1. The number of amides is 1. The molecule has 2 aromatic rings. The van der Waals surface area contributed by atoms with E-state index in [4.69, 9.17) is 9.84 Å². The van der Waals surface area contributed by atoms with Crippen molar-refractivity contribution < 1.29 is 19.4 Å². The summed E-state index contributed by atoms with van der Waals surface area (Å²) < 4.78 is 7.87. The number of aromatic nitrogens is 2. The van der Waals surface area contributed by atoms with Crippen LogP contribution in [0.2, 0.25) is 0 Å². The van der Waals surface area contributed by atoms with Crippen LogP contribution in [0.4, 0.5) is 0 Å². The molecule has 142 valence electrons. The van der Waals surface area contributed by atoms with E-state index >= 15 is 0 Å². The molecule has 0 saturated carbocycles. The molecule has 1 aromatic carbocycles. The molecular formula is C20H23N3O4. The van der Waals surface area contributed by atoms with Gasteiger partial charge in [-0.05, 0) is 37.0 Å². The van der Waals surface area contributed by atoms with Crippen molar-refractivity contribution in [3.63, 3.8) is 0 Å². The van der Waals surface area contributed by atoms with E-state index in [1.54, 1.807) is 0 Å². The van der Waals surface area contributed by atoms with Crippen molar-refractivity contribution in [1.82, 2.24) is 14.7 Å². The zero-order chi connectivity index (χ0) is 18.8. The Morgan fingerprint density at radius 1 is 1.26 bits per heavy atom.